The van der Waals surface area contributed by atoms with Crippen LogP contribution in [0.3, 0.4) is 0 Å². The number of hydrogen-bond donors (Lipinski definition) is 1. The van der Waals surface area contributed by atoms with E-state index in [0.29, 0.717) is 11.6 Å². The van der Waals surface area contributed by atoms with Crippen molar-refractivity contribution in [2.75, 3.05) is 5.73 Å². The lowest BCUT2D eigenvalue weighted by atomic mass is 10.2. The van der Waals surface area contributed by atoms with E-state index in [1.165, 1.54) is 0 Å². The number of hydrogen-bond acceptors (Lipinski definition) is 5. The highest BCUT2D eigenvalue weighted by Gasteiger charge is 2.11. The summed E-state index contributed by atoms with van der Waals surface area (Å²) in [5.74, 6) is 0.997. The van der Waals surface area contributed by atoms with Crippen LogP contribution in [0.1, 0.15) is 19.9 Å². The van der Waals surface area contributed by atoms with E-state index in [1.807, 2.05) is 24.1 Å². The van der Waals surface area contributed by atoms with Gasteiger partial charge in [0.15, 0.2) is 5.82 Å². The molecule has 0 aromatic carbocycles. The molecule has 21 heavy (non-hydrogen) atoms. The number of aryl methyl sites for hydroxylation is 1. The van der Waals surface area contributed by atoms with E-state index in [9.17, 15) is 0 Å². The molecule has 0 aliphatic heterocycles. The molecule has 0 saturated heterocycles. The summed E-state index contributed by atoms with van der Waals surface area (Å²) in [4.78, 5) is 8.86. The zero-order valence-corrected chi connectivity index (χ0v) is 12.2. The Hall–Kier alpha value is -2.70. The highest BCUT2D eigenvalue weighted by atomic mass is 15.3. The van der Waals surface area contributed by atoms with Gasteiger partial charge in [0.1, 0.15) is 5.82 Å². The molecule has 0 unspecified atom stereocenters. The normalized spacial score (nSPS) is 11.2. The smallest absolute Gasteiger partial charge is 0.165 e. The maximum absolute atomic E-state index is 5.90. The van der Waals surface area contributed by atoms with Crippen LogP contribution in [0.5, 0.6) is 0 Å². The number of rotatable bonds is 3. The third-order valence-corrected chi connectivity index (χ3v) is 3.14. The van der Waals surface area contributed by atoms with Crippen molar-refractivity contribution < 1.29 is 0 Å². The zero-order chi connectivity index (χ0) is 15.0. The first-order chi connectivity index (χ1) is 10.0. The van der Waals surface area contributed by atoms with E-state index in [4.69, 9.17) is 5.73 Å². The third kappa shape index (κ3) is 2.62. The Kier molecular flexibility index (Phi) is 3.17. The fraction of sp³-hybridized carbons (Fsp3) is 0.286. The lowest BCUT2D eigenvalue weighted by molar-refractivity contribution is 0.532. The molecule has 0 amide bonds. The molecule has 7 heteroatoms. The van der Waals surface area contributed by atoms with Gasteiger partial charge >= 0.3 is 0 Å². The number of anilines is 1. The number of nitrogens with two attached hydrogens (primary N) is 1. The molecular weight excluding hydrogens is 266 g/mol. The Labute approximate surface area is 122 Å². The van der Waals surface area contributed by atoms with E-state index in [1.54, 1.807) is 23.1 Å². The number of nitrogen functional groups attached to an aromatic ring is 1. The standard InChI is InChI=1S/C14H17N7/c1-9(2)21-8-11(6-17-21)14-18-12(4-13(15)19-14)10-5-16-20(3)7-10/h4-9H,1-3H3,(H2,15,18,19). The largest absolute Gasteiger partial charge is 0.384 e. The number of aromatic nitrogens is 6. The maximum Gasteiger partial charge on any atom is 0.165 e. The van der Waals surface area contributed by atoms with E-state index in [2.05, 4.69) is 34.0 Å². The highest BCUT2D eigenvalue weighted by Crippen LogP contribution is 2.23. The first-order valence-corrected chi connectivity index (χ1v) is 6.71. The third-order valence-electron chi connectivity index (χ3n) is 3.14. The monoisotopic (exact) mass is 283 g/mol. The minimum atomic E-state index is 0.289. The van der Waals surface area contributed by atoms with Gasteiger partial charge in [-0.3, -0.25) is 9.36 Å². The SMILES string of the molecule is CC(C)n1cc(-c2nc(N)cc(-c3cnn(C)c3)n2)cn1. The Bertz CT molecular complexity index is 769. The van der Waals surface area contributed by atoms with Gasteiger partial charge in [-0.2, -0.15) is 10.2 Å². The lowest BCUT2D eigenvalue weighted by Crippen LogP contribution is -2.00. The Morgan fingerprint density at radius 3 is 2.43 bits per heavy atom. The first kappa shape index (κ1) is 13.3. The summed E-state index contributed by atoms with van der Waals surface area (Å²) in [6.07, 6.45) is 7.32. The molecule has 108 valence electrons. The van der Waals surface area contributed by atoms with Gasteiger partial charge < -0.3 is 5.73 Å². The Morgan fingerprint density at radius 1 is 1.05 bits per heavy atom. The summed E-state index contributed by atoms with van der Waals surface area (Å²) in [5.41, 5.74) is 8.41. The average Bonchev–Trinajstić information content (AvgIpc) is 3.06. The van der Waals surface area contributed by atoms with Crippen LogP contribution < -0.4 is 5.73 Å². The Balaban J connectivity index is 2.04. The van der Waals surface area contributed by atoms with E-state index in [0.717, 1.165) is 16.8 Å². The molecule has 0 fully saturated rings. The lowest BCUT2D eigenvalue weighted by Gasteiger charge is -2.04. The van der Waals surface area contributed by atoms with Crippen LogP contribution in [0.25, 0.3) is 22.6 Å². The van der Waals surface area contributed by atoms with Crippen LogP contribution in [-0.4, -0.2) is 29.5 Å². The molecular formula is C14H17N7. The summed E-state index contributed by atoms with van der Waals surface area (Å²) >= 11 is 0. The van der Waals surface area contributed by atoms with E-state index < -0.39 is 0 Å². The molecule has 0 atom stereocenters. The fourth-order valence-electron chi connectivity index (χ4n) is 2.03. The van der Waals surface area contributed by atoms with Gasteiger partial charge in [0, 0.05) is 37.1 Å². The van der Waals surface area contributed by atoms with Crippen LogP contribution in [0.15, 0.2) is 30.9 Å². The molecule has 0 bridgehead atoms. The van der Waals surface area contributed by atoms with Gasteiger partial charge in [0.25, 0.3) is 0 Å². The first-order valence-electron chi connectivity index (χ1n) is 6.71. The predicted molar refractivity (Wildman–Crippen MR) is 80.3 cm³/mol. The Morgan fingerprint density at radius 2 is 1.81 bits per heavy atom. The van der Waals surface area contributed by atoms with Crippen molar-refractivity contribution in [1.82, 2.24) is 29.5 Å². The minimum Gasteiger partial charge on any atom is -0.384 e. The highest BCUT2D eigenvalue weighted by molar-refractivity contribution is 5.65. The summed E-state index contributed by atoms with van der Waals surface area (Å²) < 4.78 is 3.59. The van der Waals surface area contributed by atoms with Crippen LogP contribution in [0.2, 0.25) is 0 Å². The van der Waals surface area contributed by atoms with Gasteiger partial charge in [-0.25, -0.2) is 9.97 Å². The topological polar surface area (TPSA) is 87.4 Å². The molecule has 0 saturated carbocycles. The summed E-state index contributed by atoms with van der Waals surface area (Å²) in [6, 6.07) is 2.03. The predicted octanol–water partition coefficient (Wildman–Crippen LogP) is 1.90. The second kappa shape index (κ2) is 5.01. The molecule has 3 heterocycles. The molecule has 0 spiro atoms. The van der Waals surface area contributed by atoms with Crippen molar-refractivity contribution in [1.29, 1.82) is 0 Å². The second-order valence-corrected chi connectivity index (χ2v) is 5.21. The van der Waals surface area contributed by atoms with Gasteiger partial charge in [0.05, 0.1) is 23.7 Å². The van der Waals surface area contributed by atoms with Gasteiger partial charge in [-0.1, -0.05) is 0 Å². The van der Waals surface area contributed by atoms with Gasteiger partial charge in [-0.15, -0.1) is 0 Å². The summed E-state index contributed by atoms with van der Waals surface area (Å²) in [7, 11) is 1.86. The van der Waals surface area contributed by atoms with Crippen LogP contribution in [0.4, 0.5) is 5.82 Å². The fourth-order valence-corrected chi connectivity index (χ4v) is 2.03. The van der Waals surface area contributed by atoms with E-state index >= 15 is 0 Å². The van der Waals surface area contributed by atoms with Crippen LogP contribution in [0, 0.1) is 0 Å². The molecule has 0 aliphatic carbocycles. The van der Waals surface area contributed by atoms with Crippen molar-refractivity contribution >= 4 is 5.82 Å². The molecule has 3 rings (SSSR count). The summed E-state index contributed by atoms with van der Waals surface area (Å²) in [5, 5.41) is 8.46. The second-order valence-electron chi connectivity index (χ2n) is 5.21. The molecule has 7 nitrogen and oxygen atoms in total. The molecule has 3 aromatic rings. The summed E-state index contributed by atoms with van der Waals surface area (Å²) in [6.45, 7) is 4.14. The minimum absolute atomic E-state index is 0.289. The maximum atomic E-state index is 5.90. The van der Waals surface area contributed by atoms with Crippen LogP contribution in [-0.2, 0) is 7.05 Å². The van der Waals surface area contributed by atoms with Crippen molar-refractivity contribution in [2.45, 2.75) is 19.9 Å². The van der Waals surface area contributed by atoms with Crippen LogP contribution >= 0.6 is 0 Å². The molecule has 2 N–H and O–H groups in total. The van der Waals surface area contributed by atoms with Crippen molar-refractivity contribution in [3.8, 4) is 22.6 Å². The van der Waals surface area contributed by atoms with Gasteiger partial charge in [-0.05, 0) is 13.8 Å². The quantitative estimate of drug-likeness (QED) is 0.793. The molecule has 0 radical (unpaired) electrons. The molecule has 0 aliphatic rings. The molecule has 3 aromatic heterocycles. The van der Waals surface area contributed by atoms with Crippen molar-refractivity contribution in [2.24, 2.45) is 7.05 Å². The van der Waals surface area contributed by atoms with Crippen molar-refractivity contribution in [3.63, 3.8) is 0 Å². The zero-order valence-electron chi connectivity index (χ0n) is 12.2. The van der Waals surface area contributed by atoms with E-state index in [-0.39, 0.29) is 6.04 Å². The average molecular weight is 283 g/mol. The van der Waals surface area contributed by atoms with Crippen molar-refractivity contribution in [3.05, 3.63) is 30.9 Å². The number of nitrogens with zero attached hydrogens (tertiary/aromatic N) is 6. The van der Waals surface area contributed by atoms with Gasteiger partial charge in [0.2, 0.25) is 0 Å².